The maximum atomic E-state index is 5.63. The summed E-state index contributed by atoms with van der Waals surface area (Å²) in [5, 5.41) is 0.822. The van der Waals surface area contributed by atoms with Gasteiger partial charge in [-0.3, -0.25) is 0 Å². The Morgan fingerprint density at radius 1 is 1.64 bits per heavy atom. The van der Waals surface area contributed by atoms with Crippen LogP contribution in [-0.2, 0) is 6.42 Å². The maximum absolute atomic E-state index is 5.63. The number of fused-ring (bicyclic) bond motifs is 1. The molecule has 0 spiro atoms. The van der Waals surface area contributed by atoms with E-state index in [0.717, 1.165) is 23.1 Å². The van der Waals surface area contributed by atoms with Gasteiger partial charge in [0.15, 0.2) is 0 Å². The zero-order valence-corrected chi connectivity index (χ0v) is 9.80. The fraction of sp³-hybridized carbons (Fsp3) is 0.333. The van der Waals surface area contributed by atoms with E-state index in [1.54, 1.807) is 0 Å². The Morgan fingerprint density at radius 2 is 2.43 bits per heavy atom. The van der Waals surface area contributed by atoms with E-state index < -0.39 is 0 Å². The monoisotopic (exact) mass is 252 g/mol. The van der Waals surface area contributed by atoms with Crippen LogP contribution in [0.25, 0.3) is 5.57 Å². The summed E-state index contributed by atoms with van der Waals surface area (Å²) in [4.78, 5) is 0. The second-order valence-electron chi connectivity index (χ2n) is 3.69. The number of halogens is 1. The van der Waals surface area contributed by atoms with Crippen molar-refractivity contribution < 1.29 is 4.74 Å². The second-order valence-corrected chi connectivity index (χ2v) is 4.25. The van der Waals surface area contributed by atoms with Crippen LogP contribution in [0.2, 0.25) is 0 Å². The van der Waals surface area contributed by atoms with Crippen molar-refractivity contribution in [3.63, 3.8) is 0 Å². The van der Waals surface area contributed by atoms with E-state index >= 15 is 0 Å². The minimum Gasteiger partial charge on any atom is -0.490 e. The number of ether oxygens (including phenoxy) is 1. The molecule has 74 valence electrons. The molecule has 2 heteroatoms. The first-order chi connectivity index (χ1) is 6.70. The van der Waals surface area contributed by atoms with E-state index in [0.29, 0.717) is 6.10 Å². The Bertz CT molecular complexity index is 371. The van der Waals surface area contributed by atoms with E-state index in [1.807, 2.05) is 6.07 Å². The van der Waals surface area contributed by atoms with E-state index in [2.05, 4.69) is 41.6 Å². The highest BCUT2D eigenvalue weighted by Gasteiger charge is 2.18. The van der Waals surface area contributed by atoms with Crippen molar-refractivity contribution in [2.75, 3.05) is 5.33 Å². The summed E-state index contributed by atoms with van der Waals surface area (Å²) in [5.41, 5.74) is 3.63. The molecule has 0 aliphatic carbocycles. The third kappa shape index (κ3) is 1.71. The number of rotatable bonds is 2. The average molecular weight is 253 g/mol. The third-order valence-corrected chi connectivity index (χ3v) is 3.14. The van der Waals surface area contributed by atoms with Gasteiger partial charge in [0.05, 0.1) is 0 Å². The van der Waals surface area contributed by atoms with E-state index in [-0.39, 0.29) is 0 Å². The molecule has 0 fully saturated rings. The molecule has 0 saturated carbocycles. The SMILES string of the molecule is C=C(CBr)c1ccc2c(c1)CC(C)O2. The lowest BCUT2D eigenvalue weighted by molar-refractivity contribution is 0.254. The first-order valence-electron chi connectivity index (χ1n) is 4.74. The minimum absolute atomic E-state index is 0.317. The van der Waals surface area contributed by atoms with Crippen molar-refractivity contribution in [3.05, 3.63) is 35.9 Å². The van der Waals surface area contributed by atoms with Gasteiger partial charge in [0.25, 0.3) is 0 Å². The van der Waals surface area contributed by atoms with Crippen molar-refractivity contribution in [2.45, 2.75) is 19.4 Å². The van der Waals surface area contributed by atoms with Crippen molar-refractivity contribution in [1.29, 1.82) is 0 Å². The second kappa shape index (κ2) is 3.77. The molecular formula is C12H13BrO. The smallest absolute Gasteiger partial charge is 0.123 e. The first kappa shape index (κ1) is 9.78. The summed E-state index contributed by atoms with van der Waals surface area (Å²) in [6.07, 6.45) is 1.33. The first-order valence-corrected chi connectivity index (χ1v) is 5.86. The van der Waals surface area contributed by atoms with Gasteiger partial charge in [0.2, 0.25) is 0 Å². The number of alkyl halides is 1. The molecule has 0 saturated heterocycles. The molecule has 1 heterocycles. The summed E-state index contributed by atoms with van der Waals surface area (Å²) in [5.74, 6) is 1.03. The van der Waals surface area contributed by atoms with Crippen LogP contribution >= 0.6 is 15.9 Å². The van der Waals surface area contributed by atoms with Crippen LogP contribution in [0.15, 0.2) is 24.8 Å². The lowest BCUT2D eigenvalue weighted by atomic mass is 10.0. The van der Waals surface area contributed by atoms with Crippen LogP contribution in [0, 0.1) is 0 Å². The molecule has 1 aliphatic rings. The number of hydrogen-bond acceptors (Lipinski definition) is 1. The molecular weight excluding hydrogens is 240 g/mol. The molecule has 0 N–H and O–H groups in total. The molecule has 14 heavy (non-hydrogen) atoms. The normalized spacial score (nSPS) is 18.9. The van der Waals surface area contributed by atoms with Gasteiger partial charge in [-0.1, -0.05) is 28.6 Å². The highest BCUT2D eigenvalue weighted by Crippen LogP contribution is 2.31. The predicted octanol–water partition coefficient (Wildman–Crippen LogP) is 3.42. The Balaban J connectivity index is 2.33. The molecule has 0 aromatic heterocycles. The fourth-order valence-electron chi connectivity index (χ4n) is 1.72. The zero-order valence-electron chi connectivity index (χ0n) is 8.22. The van der Waals surface area contributed by atoms with Gasteiger partial charge in [-0.15, -0.1) is 0 Å². The molecule has 1 nitrogen and oxygen atoms in total. The third-order valence-electron chi connectivity index (χ3n) is 2.47. The van der Waals surface area contributed by atoms with Crippen molar-refractivity contribution in [2.24, 2.45) is 0 Å². The van der Waals surface area contributed by atoms with Gasteiger partial charge in [-0.25, -0.2) is 0 Å². The van der Waals surface area contributed by atoms with Gasteiger partial charge >= 0.3 is 0 Å². The summed E-state index contributed by atoms with van der Waals surface area (Å²) < 4.78 is 5.63. The molecule has 1 atom stereocenters. The lowest BCUT2D eigenvalue weighted by Crippen LogP contribution is -2.05. The van der Waals surface area contributed by atoms with Gasteiger partial charge in [0.1, 0.15) is 11.9 Å². The van der Waals surface area contributed by atoms with E-state index in [9.17, 15) is 0 Å². The van der Waals surface area contributed by atoms with Gasteiger partial charge < -0.3 is 4.74 Å². The molecule has 1 aromatic rings. The molecule has 1 unspecified atom stereocenters. The van der Waals surface area contributed by atoms with Gasteiger partial charge in [-0.05, 0) is 35.8 Å². The lowest BCUT2D eigenvalue weighted by Gasteiger charge is -2.04. The quantitative estimate of drug-likeness (QED) is 0.734. The highest BCUT2D eigenvalue weighted by molar-refractivity contribution is 9.09. The van der Waals surface area contributed by atoms with Crippen LogP contribution in [-0.4, -0.2) is 11.4 Å². The van der Waals surface area contributed by atoms with E-state index in [4.69, 9.17) is 4.74 Å². The molecule has 0 amide bonds. The Hall–Kier alpha value is -0.760. The minimum atomic E-state index is 0.317. The van der Waals surface area contributed by atoms with Crippen molar-refractivity contribution >= 4 is 21.5 Å². The maximum Gasteiger partial charge on any atom is 0.123 e. The van der Waals surface area contributed by atoms with Crippen LogP contribution in [0.1, 0.15) is 18.1 Å². The van der Waals surface area contributed by atoms with Crippen LogP contribution in [0.3, 0.4) is 0 Å². The van der Waals surface area contributed by atoms with Crippen molar-refractivity contribution in [3.8, 4) is 5.75 Å². The number of hydrogen-bond donors (Lipinski definition) is 0. The molecule has 0 bridgehead atoms. The van der Waals surface area contributed by atoms with Crippen LogP contribution < -0.4 is 4.74 Å². The van der Waals surface area contributed by atoms with Crippen LogP contribution in [0.5, 0.6) is 5.75 Å². The van der Waals surface area contributed by atoms with Gasteiger partial charge in [-0.2, -0.15) is 0 Å². The molecule has 2 rings (SSSR count). The standard InChI is InChI=1S/C12H13BrO/c1-8(7-13)10-3-4-12-11(6-10)5-9(2)14-12/h3-4,6,9H,1,5,7H2,2H3. The summed E-state index contributed by atoms with van der Waals surface area (Å²) in [6.45, 7) is 6.10. The summed E-state index contributed by atoms with van der Waals surface area (Å²) >= 11 is 3.41. The summed E-state index contributed by atoms with van der Waals surface area (Å²) in [6, 6.07) is 6.30. The number of benzene rings is 1. The largest absolute Gasteiger partial charge is 0.490 e. The van der Waals surface area contributed by atoms with E-state index in [1.165, 1.54) is 11.1 Å². The molecule has 1 aromatic carbocycles. The number of allylic oxidation sites excluding steroid dienone is 1. The molecule has 0 radical (unpaired) electrons. The highest BCUT2D eigenvalue weighted by atomic mass is 79.9. The fourth-order valence-corrected chi connectivity index (χ4v) is 2.04. The predicted molar refractivity (Wildman–Crippen MR) is 63.1 cm³/mol. The Morgan fingerprint density at radius 3 is 3.14 bits per heavy atom. The summed E-state index contributed by atoms with van der Waals surface area (Å²) in [7, 11) is 0. The topological polar surface area (TPSA) is 9.23 Å². The Labute approximate surface area is 92.9 Å². The van der Waals surface area contributed by atoms with Crippen molar-refractivity contribution in [1.82, 2.24) is 0 Å². The Kier molecular flexibility index (Phi) is 2.64. The molecule has 1 aliphatic heterocycles. The average Bonchev–Trinajstić information content (AvgIpc) is 2.55. The zero-order chi connectivity index (χ0) is 10.1. The van der Waals surface area contributed by atoms with Crippen LogP contribution in [0.4, 0.5) is 0 Å². The van der Waals surface area contributed by atoms with Gasteiger partial charge in [0, 0.05) is 11.8 Å².